The van der Waals surface area contributed by atoms with Gasteiger partial charge in [-0.1, -0.05) is 57.6 Å². The summed E-state index contributed by atoms with van der Waals surface area (Å²) in [6, 6.07) is 19.1. The van der Waals surface area contributed by atoms with Gasteiger partial charge in [0.2, 0.25) is 5.75 Å². The van der Waals surface area contributed by atoms with Crippen molar-refractivity contribution in [2.45, 2.75) is 33.4 Å². The number of hydrogen-bond acceptors (Lipinski definition) is 8. The first-order valence-electron chi connectivity index (χ1n) is 15.0. The van der Waals surface area contributed by atoms with E-state index in [2.05, 4.69) is 51.7 Å². The van der Waals surface area contributed by atoms with Crippen molar-refractivity contribution in [3.8, 4) is 17.2 Å². The molecular weight excluding hydrogens is 682 g/mol. The molecule has 3 heterocycles. The largest absolute Gasteiger partial charge is 0.493 e. The van der Waals surface area contributed by atoms with E-state index in [0.29, 0.717) is 44.4 Å². The Kier molecular flexibility index (Phi) is 9.11. The molecule has 3 aromatic carbocycles. The SMILES string of the molecule is CCOC(=O)C1=C(C)N=c2s/c(=C\c3c(C)n(Cc4ccc(Br)cc4)c4ccccc34)c(=O)n2[C@H]1c1cc(OC)c(OC)c(OC)c1. The maximum atomic E-state index is 14.5. The molecule has 6 rings (SSSR count). The van der Waals surface area contributed by atoms with Crippen LogP contribution < -0.4 is 29.1 Å². The zero-order valence-electron chi connectivity index (χ0n) is 26.9. The van der Waals surface area contributed by atoms with Crippen molar-refractivity contribution in [2.24, 2.45) is 4.99 Å². The molecule has 242 valence electrons. The fourth-order valence-corrected chi connectivity index (χ4v) is 7.41. The molecule has 9 nitrogen and oxygen atoms in total. The van der Waals surface area contributed by atoms with Crippen molar-refractivity contribution >= 4 is 50.2 Å². The Morgan fingerprint density at radius 2 is 1.68 bits per heavy atom. The third kappa shape index (κ3) is 5.78. The molecule has 0 saturated carbocycles. The van der Waals surface area contributed by atoms with Crippen molar-refractivity contribution in [3.05, 3.63) is 118 Å². The summed E-state index contributed by atoms with van der Waals surface area (Å²) in [4.78, 5) is 33.1. The first kappa shape index (κ1) is 32.3. The highest BCUT2D eigenvalue weighted by molar-refractivity contribution is 9.10. The van der Waals surface area contributed by atoms with Crippen LogP contribution in [0.5, 0.6) is 17.2 Å². The minimum atomic E-state index is -0.846. The van der Waals surface area contributed by atoms with Crippen LogP contribution >= 0.6 is 27.3 Å². The van der Waals surface area contributed by atoms with E-state index in [0.717, 1.165) is 32.2 Å². The molecule has 2 aromatic heterocycles. The second-order valence-electron chi connectivity index (χ2n) is 11.0. The van der Waals surface area contributed by atoms with Crippen LogP contribution in [-0.4, -0.2) is 43.0 Å². The summed E-state index contributed by atoms with van der Waals surface area (Å²) in [6.07, 6.45) is 1.94. The Morgan fingerprint density at radius 3 is 2.32 bits per heavy atom. The Balaban J connectivity index is 1.57. The molecule has 5 aromatic rings. The van der Waals surface area contributed by atoms with E-state index in [-0.39, 0.29) is 17.7 Å². The van der Waals surface area contributed by atoms with Crippen LogP contribution in [0.1, 0.15) is 42.3 Å². The van der Waals surface area contributed by atoms with Gasteiger partial charge in [-0.25, -0.2) is 9.79 Å². The van der Waals surface area contributed by atoms with Gasteiger partial charge in [0.1, 0.15) is 0 Å². The van der Waals surface area contributed by atoms with Crippen LogP contribution in [0.3, 0.4) is 0 Å². The summed E-state index contributed by atoms with van der Waals surface area (Å²) in [5, 5.41) is 1.04. The molecule has 1 atom stereocenters. The molecule has 0 aliphatic carbocycles. The van der Waals surface area contributed by atoms with Crippen molar-refractivity contribution in [1.82, 2.24) is 9.13 Å². The van der Waals surface area contributed by atoms with Crippen LogP contribution in [-0.2, 0) is 16.1 Å². The average Bonchev–Trinajstić information content (AvgIpc) is 3.52. The summed E-state index contributed by atoms with van der Waals surface area (Å²) in [5.41, 5.74) is 5.27. The van der Waals surface area contributed by atoms with Gasteiger partial charge in [-0.15, -0.1) is 0 Å². The quantitative estimate of drug-likeness (QED) is 0.177. The highest BCUT2D eigenvalue weighted by Crippen LogP contribution is 2.42. The molecule has 1 aliphatic heterocycles. The third-order valence-corrected chi connectivity index (χ3v) is 9.84. The number of ether oxygens (including phenoxy) is 4. The number of hydrogen-bond donors (Lipinski definition) is 0. The first-order valence-corrected chi connectivity index (χ1v) is 16.6. The van der Waals surface area contributed by atoms with Gasteiger partial charge in [-0.2, -0.15) is 0 Å². The van der Waals surface area contributed by atoms with Gasteiger partial charge in [-0.05, 0) is 68.3 Å². The third-order valence-electron chi connectivity index (χ3n) is 8.33. The summed E-state index contributed by atoms with van der Waals surface area (Å²) < 4.78 is 27.6. The normalized spacial score (nSPS) is 14.6. The standard InChI is InChI=1S/C36H34BrN3O6S/c1-7-46-35(42)31-20(2)38-36-40(32(31)23-16-28(43-4)33(45-6)29(17-23)44-5)34(41)30(47-36)18-26-21(3)39(27-11-9-8-10-25(26)27)19-22-12-14-24(37)15-13-22/h8-18,32H,7,19H2,1-6H3/b30-18-/t32-/m0/s1. The van der Waals surface area contributed by atoms with Gasteiger partial charge in [0.05, 0.1) is 49.8 Å². The summed E-state index contributed by atoms with van der Waals surface area (Å²) in [5.74, 6) is 0.653. The fourth-order valence-electron chi connectivity index (χ4n) is 6.11. The van der Waals surface area contributed by atoms with E-state index in [4.69, 9.17) is 23.9 Å². The van der Waals surface area contributed by atoms with Gasteiger partial charge in [0.25, 0.3) is 5.56 Å². The number of benzene rings is 3. The van der Waals surface area contributed by atoms with Crippen LogP contribution in [0, 0.1) is 6.92 Å². The lowest BCUT2D eigenvalue weighted by atomic mass is 9.95. The van der Waals surface area contributed by atoms with Crippen LogP contribution in [0.15, 0.2) is 86.2 Å². The molecule has 0 N–H and O–H groups in total. The molecule has 0 unspecified atom stereocenters. The molecule has 11 heteroatoms. The lowest BCUT2D eigenvalue weighted by Gasteiger charge is -2.26. The number of thiazole rings is 1. The van der Waals surface area contributed by atoms with Gasteiger partial charge >= 0.3 is 5.97 Å². The van der Waals surface area contributed by atoms with Gasteiger partial charge in [-0.3, -0.25) is 9.36 Å². The molecule has 0 bridgehead atoms. The predicted octanol–water partition coefficient (Wildman–Crippen LogP) is 5.90. The van der Waals surface area contributed by atoms with Crippen molar-refractivity contribution in [3.63, 3.8) is 0 Å². The zero-order valence-corrected chi connectivity index (χ0v) is 29.3. The number of halogens is 1. The Bertz CT molecular complexity index is 2200. The number of allylic oxidation sites excluding steroid dienone is 1. The second-order valence-corrected chi connectivity index (χ2v) is 12.9. The Labute approximate surface area is 284 Å². The number of para-hydroxylation sites is 1. The van der Waals surface area contributed by atoms with E-state index < -0.39 is 12.0 Å². The highest BCUT2D eigenvalue weighted by atomic mass is 79.9. The minimum Gasteiger partial charge on any atom is -0.493 e. The van der Waals surface area contributed by atoms with E-state index in [1.165, 1.54) is 32.7 Å². The predicted molar refractivity (Wildman–Crippen MR) is 186 cm³/mol. The topological polar surface area (TPSA) is 93.3 Å². The summed E-state index contributed by atoms with van der Waals surface area (Å²) in [6.45, 7) is 6.42. The minimum absolute atomic E-state index is 0.172. The van der Waals surface area contributed by atoms with E-state index in [1.54, 1.807) is 30.5 Å². The molecule has 0 fully saturated rings. The second kappa shape index (κ2) is 13.2. The lowest BCUT2D eigenvalue weighted by molar-refractivity contribution is -0.139. The van der Waals surface area contributed by atoms with E-state index in [1.807, 2.05) is 30.3 Å². The zero-order chi connectivity index (χ0) is 33.4. The number of methoxy groups -OCH3 is 3. The van der Waals surface area contributed by atoms with Gasteiger partial charge < -0.3 is 23.5 Å². The average molecular weight is 717 g/mol. The first-order chi connectivity index (χ1) is 22.7. The van der Waals surface area contributed by atoms with Crippen molar-refractivity contribution in [1.29, 1.82) is 0 Å². The van der Waals surface area contributed by atoms with Crippen LogP contribution in [0.2, 0.25) is 0 Å². The maximum Gasteiger partial charge on any atom is 0.338 e. The number of rotatable bonds is 9. The molecule has 0 radical (unpaired) electrons. The molecule has 47 heavy (non-hydrogen) atoms. The summed E-state index contributed by atoms with van der Waals surface area (Å²) in [7, 11) is 4.57. The highest BCUT2D eigenvalue weighted by Gasteiger charge is 2.35. The Morgan fingerprint density at radius 1 is 1.00 bits per heavy atom. The molecular formula is C36H34BrN3O6S. The fraction of sp³-hybridized carbons (Fsp3) is 0.250. The molecule has 0 spiro atoms. The van der Waals surface area contributed by atoms with Crippen LogP contribution in [0.25, 0.3) is 17.0 Å². The smallest absolute Gasteiger partial charge is 0.338 e. The maximum absolute atomic E-state index is 14.5. The molecule has 0 amide bonds. The molecule has 0 saturated heterocycles. The lowest BCUT2D eigenvalue weighted by Crippen LogP contribution is -2.40. The van der Waals surface area contributed by atoms with Gasteiger partial charge in [0, 0.05) is 33.2 Å². The van der Waals surface area contributed by atoms with Crippen LogP contribution in [0.4, 0.5) is 0 Å². The number of nitrogens with zero attached hydrogens (tertiary/aromatic N) is 3. The number of fused-ring (bicyclic) bond motifs is 2. The van der Waals surface area contributed by atoms with Crippen molar-refractivity contribution in [2.75, 3.05) is 27.9 Å². The van der Waals surface area contributed by atoms with Gasteiger partial charge in [0.15, 0.2) is 16.3 Å². The van der Waals surface area contributed by atoms with E-state index >= 15 is 0 Å². The number of carbonyl (C=O) groups excluding carboxylic acids is 1. The van der Waals surface area contributed by atoms with E-state index in [9.17, 15) is 9.59 Å². The number of esters is 1. The number of carbonyl (C=O) groups is 1. The monoisotopic (exact) mass is 715 g/mol. The Hall–Kier alpha value is -4.61. The molecule has 1 aliphatic rings. The number of aromatic nitrogens is 2. The summed E-state index contributed by atoms with van der Waals surface area (Å²) >= 11 is 4.81. The van der Waals surface area contributed by atoms with Crippen molar-refractivity contribution < 1.29 is 23.7 Å².